The topological polar surface area (TPSA) is 401 Å². The Balaban J connectivity index is 1.68. The number of fused-ring (bicyclic) bond motifs is 7. The first-order valence-electron chi connectivity index (χ1n) is 20.5. The van der Waals surface area contributed by atoms with Crippen LogP contribution >= 0.6 is 0 Å². The molecule has 0 saturated carbocycles. The normalized spacial score (nSPS) is 22.7. The molecule has 0 amide bonds. The summed E-state index contributed by atoms with van der Waals surface area (Å²) < 4.78 is 0. The molecule has 3 aliphatic rings. The molecule has 3 atom stereocenters. The van der Waals surface area contributed by atoms with Gasteiger partial charge in [-0.15, -0.1) is 0 Å². The van der Waals surface area contributed by atoms with Crippen LogP contribution in [-0.4, -0.2) is 55.1 Å². The van der Waals surface area contributed by atoms with Gasteiger partial charge in [0.15, 0.2) is 0 Å². The number of nitrogens with zero attached hydrogens (tertiary/aromatic N) is 9. The van der Waals surface area contributed by atoms with E-state index < -0.39 is 152 Å². The highest BCUT2D eigenvalue weighted by Crippen LogP contribution is 2.61. The quantitative estimate of drug-likeness (QED) is 0.102. The maximum absolute atomic E-state index is 14.9. The highest BCUT2D eigenvalue weighted by atomic mass is 16.7. The van der Waals surface area contributed by atoms with Gasteiger partial charge in [0.25, 0.3) is 0 Å². The summed E-state index contributed by atoms with van der Waals surface area (Å²) in [6.07, 6.45) is 1.52. The lowest BCUT2D eigenvalue weighted by Gasteiger charge is -2.33. The van der Waals surface area contributed by atoms with Crippen molar-refractivity contribution in [3.8, 4) is 0 Å². The Morgan fingerprint density at radius 1 is 0.431 bits per heavy atom. The van der Waals surface area contributed by atoms with Crippen molar-refractivity contribution in [2.24, 2.45) is 4.99 Å². The van der Waals surface area contributed by atoms with Gasteiger partial charge in [0.05, 0.1) is 24.6 Å². The molecule has 3 unspecified atom stereocenters. The van der Waals surface area contributed by atoms with Gasteiger partial charge >= 0.3 is 45.1 Å². The second kappa shape index (κ2) is 16.7. The molecule has 9 rings (SSSR count). The summed E-state index contributed by atoms with van der Waals surface area (Å²) in [7, 11) is 0. The van der Waals surface area contributed by atoms with Crippen LogP contribution in [0.25, 0.3) is 23.8 Å². The average molecular weight is 979 g/mol. The van der Waals surface area contributed by atoms with Crippen LogP contribution < -0.4 is 16.0 Å². The predicted octanol–water partition coefficient (Wildman–Crippen LogP) is 5.41. The van der Waals surface area contributed by atoms with Crippen LogP contribution in [0.3, 0.4) is 0 Å². The minimum atomic E-state index is -3.48. The zero-order valence-electron chi connectivity index (χ0n) is 35.8. The number of nitro groups is 8. The summed E-state index contributed by atoms with van der Waals surface area (Å²) in [5.74, 6) is 0. The molecule has 0 spiro atoms. The van der Waals surface area contributed by atoms with E-state index in [0.717, 1.165) is 36.4 Å². The van der Waals surface area contributed by atoms with E-state index in [1.165, 1.54) is 84.9 Å². The molecule has 6 aromatic rings. The highest BCUT2D eigenvalue weighted by Gasteiger charge is 2.82. The second-order valence-corrected chi connectivity index (χ2v) is 15.9. The molecule has 1 fully saturated rings. The van der Waals surface area contributed by atoms with E-state index in [2.05, 4.69) is 20.3 Å². The van der Waals surface area contributed by atoms with Gasteiger partial charge in [0, 0.05) is 43.1 Å². The molecular weight excluding hydrogens is 953 g/mol. The van der Waals surface area contributed by atoms with Crippen molar-refractivity contribution in [3.63, 3.8) is 0 Å². The number of hydrogen-bond donors (Lipinski definition) is 3. The molecule has 0 radical (unpaired) electrons. The summed E-state index contributed by atoms with van der Waals surface area (Å²) in [6.45, 7) is 0. The number of hydrogen-bond acceptors (Lipinski definition) is 18. The van der Waals surface area contributed by atoms with E-state index in [0.29, 0.717) is 18.2 Å². The van der Waals surface area contributed by atoms with Gasteiger partial charge < -0.3 is 15.3 Å². The number of nitrogens with one attached hydrogen (secondary N) is 3. The number of rotatable bonds is 12. The largest absolute Gasteiger partial charge is 0.379 e. The molecule has 358 valence electrons. The average Bonchev–Trinajstić information content (AvgIpc) is 4.08. The van der Waals surface area contributed by atoms with Crippen molar-refractivity contribution in [1.29, 1.82) is 0 Å². The van der Waals surface area contributed by atoms with Crippen molar-refractivity contribution in [1.82, 2.24) is 15.3 Å². The molecule has 5 heterocycles. The summed E-state index contributed by atoms with van der Waals surface area (Å²) in [6, 6.07) is 24.9. The zero-order chi connectivity index (χ0) is 51.6. The number of allylic oxidation sites excluding steroid dienone is 1. The van der Waals surface area contributed by atoms with E-state index in [4.69, 9.17) is 0 Å². The van der Waals surface area contributed by atoms with Gasteiger partial charge in [-0.3, -0.25) is 80.9 Å². The number of aromatic amines is 2. The van der Waals surface area contributed by atoms with Gasteiger partial charge in [-0.2, -0.15) is 0 Å². The fourth-order valence-electron chi connectivity index (χ4n) is 9.79. The van der Waals surface area contributed by atoms with Crippen LogP contribution in [0.4, 0.5) is 22.7 Å². The van der Waals surface area contributed by atoms with E-state index in [-0.39, 0.29) is 5.56 Å². The third kappa shape index (κ3) is 6.28. The van der Waals surface area contributed by atoms with E-state index in [9.17, 15) is 80.9 Å². The Hall–Kier alpha value is -10.9. The van der Waals surface area contributed by atoms with Crippen LogP contribution in [0.5, 0.6) is 0 Å². The first-order valence-corrected chi connectivity index (χ1v) is 20.5. The third-order valence-corrected chi connectivity index (χ3v) is 12.4. The van der Waals surface area contributed by atoms with E-state index >= 15 is 0 Å². The molecule has 1 saturated heterocycles. The molecule has 28 heteroatoms. The monoisotopic (exact) mass is 978 g/mol. The summed E-state index contributed by atoms with van der Waals surface area (Å²) in [5, 5.41) is 110. The molecule has 72 heavy (non-hydrogen) atoms. The molecule has 28 nitrogen and oxygen atoms in total. The van der Waals surface area contributed by atoms with Crippen LogP contribution in [0.1, 0.15) is 33.6 Å². The van der Waals surface area contributed by atoms with Gasteiger partial charge in [-0.05, 0) is 17.7 Å². The van der Waals surface area contributed by atoms with E-state index in [1.54, 1.807) is 0 Å². The standard InChI is InChI=1S/C44H26N12O16/c57-49(58)35-28-21-29-36(50(59)60)38(52(63)64)31(46-29)23-33-43(55(69)70,26-17-9-3-10-18-26)44(56(71)72,27-19-11-4-12-20-27)40(48-33)34(24-13-5-1-6-14-24)39-42(54(67)68,25-15-7-2-8-16-25)41(53(65)66)32(47-39)22-30(45-28)37(35)51(61)62/h1-23,45-46,48H/b28-21-,30-22-,33-23-,40-34-. The molecule has 0 aliphatic carbocycles. The minimum absolute atomic E-state index is 0.290. The smallest absolute Gasteiger partial charge is 0.349 e. The fraction of sp³-hybridized carbons (Fsp3) is 0.0682. The maximum atomic E-state index is 14.9. The maximum Gasteiger partial charge on any atom is 0.379 e. The van der Waals surface area contributed by atoms with Gasteiger partial charge in [0.1, 0.15) is 44.9 Å². The molecule has 3 N–H and O–H groups in total. The summed E-state index contributed by atoms with van der Waals surface area (Å²) in [5.41, 5.74) is -26.5. The van der Waals surface area contributed by atoms with Crippen LogP contribution in [0.15, 0.2) is 149 Å². The van der Waals surface area contributed by atoms with Crippen molar-refractivity contribution in [2.75, 3.05) is 0 Å². The van der Waals surface area contributed by atoms with Gasteiger partial charge in [-0.1, -0.05) is 121 Å². The predicted molar refractivity (Wildman–Crippen MR) is 247 cm³/mol. The van der Waals surface area contributed by atoms with Gasteiger partial charge in [0.2, 0.25) is 0 Å². The number of aromatic nitrogens is 2. The van der Waals surface area contributed by atoms with Gasteiger partial charge in [-0.25, -0.2) is 4.99 Å². The second-order valence-electron chi connectivity index (χ2n) is 15.9. The SMILES string of the molecule is O=[N+]([O-])C1=C2/C=c3\[nH]/c(c([N+](=O)[O-])c3[N+](=O)[O-])=C\c3[nH]c(c([N+](=O)[O-])c3[N+](=O)[O-])/C=C3\N/C(=C(/c4ccccc4)C(=N2)C1(c1ccccc1)[N+](=O)[O-])C(c1ccccc1)([N+](=O)[O-])C3(c1ccccc1)[N+](=O)[O-]. The van der Waals surface area contributed by atoms with Crippen molar-refractivity contribution < 1.29 is 39.4 Å². The molecule has 3 aliphatic heterocycles. The van der Waals surface area contributed by atoms with E-state index in [1.807, 2.05) is 0 Å². The Kier molecular flexibility index (Phi) is 10.7. The Labute approximate surface area is 397 Å². The summed E-state index contributed by atoms with van der Waals surface area (Å²) in [4.78, 5) is 108. The molecule has 4 aromatic carbocycles. The highest BCUT2D eigenvalue weighted by molar-refractivity contribution is 6.31. The fourth-order valence-corrected chi connectivity index (χ4v) is 9.79. The van der Waals surface area contributed by atoms with Crippen molar-refractivity contribution in [3.05, 3.63) is 269 Å². The molecule has 8 bridgehead atoms. The number of aliphatic imine (C=N–C) groups is 1. The molecule has 2 aromatic heterocycles. The summed E-state index contributed by atoms with van der Waals surface area (Å²) >= 11 is 0. The molecular formula is C44H26N12O16. The number of H-pyrrole nitrogens is 2. The Morgan fingerprint density at radius 2 is 0.861 bits per heavy atom. The third-order valence-electron chi connectivity index (χ3n) is 12.4. The minimum Gasteiger partial charge on any atom is -0.349 e. The van der Waals surface area contributed by atoms with Crippen LogP contribution in [0.2, 0.25) is 0 Å². The lowest BCUT2D eigenvalue weighted by atomic mass is 9.66. The van der Waals surface area contributed by atoms with Crippen molar-refractivity contribution in [2.45, 2.75) is 16.6 Å². The number of benzene rings is 4. The van der Waals surface area contributed by atoms with Crippen LogP contribution in [0, 0.1) is 80.9 Å². The zero-order valence-corrected chi connectivity index (χ0v) is 35.8. The lowest BCUT2D eigenvalue weighted by molar-refractivity contribution is -0.680. The first kappa shape index (κ1) is 46.2. The Bertz CT molecular complexity index is 3710. The van der Waals surface area contributed by atoms with Crippen LogP contribution in [-0.2, 0) is 16.6 Å². The lowest BCUT2D eigenvalue weighted by Crippen LogP contribution is -2.57. The van der Waals surface area contributed by atoms with Crippen molar-refractivity contribution >= 4 is 52.3 Å². The first-order chi connectivity index (χ1) is 34.4. The Morgan fingerprint density at radius 3 is 1.31 bits per heavy atom.